The summed E-state index contributed by atoms with van der Waals surface area (Å²) in [7, 11) is 0. The topological polar surface area (TPSA) is 12.4 Å². The third-order valence-corrected chi connectivity index (χ3v) is 1.47. The largest absolute Gasteiger partial charge is 0.432 e. The molecule has 0 aliphatic carbocycles. The van der Waals surface area contributed by atoms with Crippen molar-refractivity contribution < 1.29 is 13.2 Å². The van der Waals surface area contributed by atoms with Crippen LogP contribution in [0, 0.1) is 0 Å². The molecule has 0 saturated heterocycles. The summed E-state index contributed by atoms with van der Waals surface area (Å²) in [5, 5.41) is 0. The molecular weight excluding hydrogens is 179 g/mol. The van der Waals surface area contributed by atoms with Crippen LogP contribution in [0.2, 0.25) is 0 Å². The Balaban J connectivity index is 4.23. The van der Waals surface area contributed by atoms with Gasteiger partial charge in [-0.25, -0.2) is 0 Å². The van der Waals surface area contributed by atoms with Crippen molar-refractivity contribution in [2.24, 2.45) is 4.99 Å². The Morgan fingerprint density at radius 1 is 1.46 bits per heavy atom. The number of nitrogens with zero attached hydrogens (tertiary/aromatic N) is 1. The van der Waals surface area contributed by atoms with Gasteiger partial charge in [-0.1, -0.05) is 19.1 Å². The first-order valence-corrected chi connectivity index (χ1v) is 3.83. The summed E-state index contributed by atoms with van der Waals surface area (Å²) in [5.74, 6) is 0. The summed E-state index contributed by atoms with van der Waals surface area (Å²) in [5.41, 5.74) is -0.105. The maximum absolute atomic E-state index is 11.8. The lowest BCUT2D eigenvalue weighted by atomic mass is 10.2. The van der Waals surface area contributed by atoms with Crippen LogP contribution in [0.25, 0.3) is 0 Å². The fourth-order valence-corrected chi connectivity index (χ4v) is 0.446. The molecule has 0 aromatic carbocycles. The lowest BCUT2D eigenvalue weighted by Crippen LogP contribution is -2.08. The first kappa shape index (κ1) is 11.9. The van der Waals surface area contributed by atoms with Crippen molar-refractivity contribution in [3.8, 4) is 0 Å². The standard InChI is InChI=1S/C9H12F3N/c1-4-7(2)5-6-13-8(3)9(10,11)12/h5-6H,3-4H2,1-2H3/b7-5+,13-6?. The van der Waals surface area contributed by atoms with Crippen LogP contribution in [0.15, 0.2) is 28.9 Å². The predicted molar refractivity (Wildman–Crippen MR) is 47.7 cm³/mol. The van der Waals surface area contributed by atoms with Crippen LogP contribution in [0.5, 0.6) is 0 Å². The van der Waals surface area contributed by atoms with E-state index < -0.39 is 11.9 Å². The van der Waals surface area contributed by atoms with Crippen molar-refractivity contribution >= 4 is 6.21 Å². The van der Waals surface area contributed by atoms with Crippen molar-refractivity contribution in [2.75, 3.05) is 0 Å². The summed E-state index contributed by atoms with van der Waals surface area (Å²) in [6, 6.07) is 0. The molecule has 0 spiro atoms. The van der Waals surface area contributed by atoms with Gasteiger partial charge < -0.3 is 0 Å². The van der Waals surface area contributed by atoms with E-state index in [1.54, 1.807) is 0 Å². The summed E-state index contributed by atoms with van der Waals surface area (Å²) in [4.78, 5) is 3.16. The van der Waals surface area contributed by atoms with Gasteiger partial charge >= 0.3 is 6.18 Å². The van der Waals surface area contributed by atoms with E-state index in [9.17, 15) is 13.2 Å². The number of hydrogen-bond acceptors (Lipinski definition) is 1. The lowest BCUT2D eigenvalue weighted by Gasteiger charge is -2.02. The molecule has 1 nitrogen and oxygen atoms in total. The molecule has 0 N–H and O–H groups in total. The highest BCUT2D eigenvalue weighted by Crippen LogP contribution is 2.24. The summed E-state index contributed by atoms with van der Waals surface area (Å²) in [6.07, 6.45) is -0.972. The Morgan fingerprint density at radius 3 is 2.38 bits per heavy atom. The van der Waals surface area contributed by atoms with E-state index >= 15 is 0 Å². The molecule has 74 valence electrons. The second-order valence-electron chi connectivity index (χ2n) is 2.59. The van der Waals surface area contributed by atoms with Gasteiger partial charge in [0.25, 0.3) is 0 Å². The third kappa shape index (κ3) is 5.22. The number of hydrogen-bond donors (Lipinski definition) is 0. The monoisotopic (exact) mass is 191 g/mol. The molecular formula is C9H12F3N. The highest BCUT2D eigenvalue weighted by molar-refractivity contribution is 5.73. The lowest BCUT2D eigenvalue weighted by molar-refractivity contribution is -0.0918. The normalized spacial score (nSPS) is 13.8. The van der Waals surface area contributed by atoms with Gasteiger partial charge in [0.2, 0.25) is 0 Å². The van der Waals surface area contributed by atoms with E-state index in [4.69, 9.17) is 0 Å². The molecule has 0 heterocycles. The van der Waals surface area contributed by atoms with Gasteiger partial charge in [0.15, 0.2) is 0 Å². The van der Waals surface area contributed by atoms with Crippen LogP contribution < -0.4 is 0 Å². The maximum atomic E-state index is 11.8. The van der Waals surface area contributed by atoms with E-state index in [0.717, 1.165) is 18.2 Å². The molecule has 0 fully saturated rings. The minimum absolute atomic E-state index is 0.796. The predicted octanol–water partition coefficient (Wildman–Crippen LogP) is 3.49. The van der Waals surface area contributed by atoms with Crippen molar-refractivity contribution in [2.45, 2.75) is 26.4 Å². The molecule has 0 saturated carbocycles. The smallest absolute Gasteiger partial charge is 0.252 e. The average Bonchev–Trinajstić information content (AvgIpc) is 2.02. The second kappa shape index (κ2) is 4.84. The van der Waals surface area contributed by atoms with Gasteiger partial charge in [0, 0.05) is 6.21 Å². The highest BCUT2D eigenvalue weighted by atomic mass is 19.4. The van der Waals surface area contributed by atoms with Crippen LogP contribution >= 0.6 is 0 Å². The van der Waals surface area contributed by atoms with Crippen molar-refractivity contribution in [1.29, 1.82) is 0 Å². The zero-order valence-corrected chi connectivity index (χ0v) is 7.65. The van der Waals surface area contributed by atoms with E-state index in [0.29, 0.717) is 0 Å². The molecule has 0 aromatic rings. The van der Waals surface area contributed by atoms with Crippen molar-refractivity contribution in [3.05, 3.63) is 23.9 Å². The molecule has 0 unspecified atom stereocenters. The van der Waals surface area contributed by atoms with Gasteiger partial charge in [-0.05, 0) is 19.4 Å². The number of rotatable bonds is 3. The van der Waals surface area contributed by atoms with E-state index in [1.807, 2.05) is 13.8 Å². The summed E-state index contributed by atoms with van der Waals surface area (Å²) >= 11 is 0. The van der Waals surface area contributed by atoms with E-state index in [-0.39, 0.29) is 0 Å². The van der Waals surface area contributed by atoms with Gasteiger partial charge in [-0.15, -0.1) is 0 Å². The van der Waals surface area contributed by atoms with Crippen LogP contribution in [0.1, 0.15) is 20.3 Å². The SMILES string of the molecule is C=C(N=C/C=C(\C)CC)C(F)(F)F. The Morgan fingerprint density at radius 2 is 2.00 bits per heavy atom. The molecule has 0 rings (SSSR count). The number of aliphatic imine (C=N–C) groups is 1. The van der Waals surface area contributed by atoms with Crippen molar-refractivity contribution in [1.82, 2.24) is 0 Å². The van der Waals surface area contributed by atoms with Gasteiger partial charge in [-0.2, -0.15) is 13.2 Å². The third-order valence-electron chi connectivity index (χ3n) is 1.47. The molecule has 0 bridgehead atoms. The zero-order valence-electron chi connectivity index (χ0n) is 7.65. The molecule has 13 heavy (non-hydrogen) atoms. The Hall–Kier alpha value is -1.06. The van der Waals surface area contributed by atoms with Crippen molar-refractivity contribution in [3.63, 3.8) is 0 Å². The molecule has 4 heteroatoms. The van der Waals surface area contributed by atoms with Gasteiger partial charge in [0.1, 0.15) is 5.70 Å². The maximum Gasteiger partial charge on any atom is 0.432 e. The Kier molecular flexibility index (Phi) is 4.45. The highest BCUT2D eigenvalue weighted by Gasteiger charge is 2.31. The fourth-order valence-electron chi connectivity index (χ4n) is 0.446. The molecule has 0 atom stereocenters. The molecule has 0 aliphatic heterocycles. The number of alkyl halides is 3. The quantitative estimate of drug-likeness (QED) is 0.605. The van der Waals surface area contributed by atoms with Gasteiger partial charge in [-0.3, -0.25) is 4.99 Å². The van der Waals surface area contributed by atoms with E-state index in [1.165, 1.54) is 6.08 Å². The van der Waals surface area contributed by atoms with Crippen LogP contribution in [-0.4, -0.2) is 12.4 Å². The molecule has 0 aromatic heterocycles. The first-order valence-electron chi connectivity index (χ1n) is 3.83. The fraction of sp³-hybridized carbons (Fsp3) is 0.444. The minimum atomic E-state index is -4.43. The zero-order chi connectivity index (χ0) is 10.5. The summed E-state index contributed by atoms with van der Waals surface area (Å²) in [6.45, 7) is 6.53. The van der Waals surface area contributed by atoms with Gasteiger partial charge in [0.05, 0.1) is 0 Å². The molecule has 0 amide bonds. The molecule has 0 aliphatic rings. The number of halogens is 3. The first-order chi connectivity index (χ1) is 5.88. The molecule has 0 radical (unpaired) electrons. The average molecular weight is 191 g/mol. The second-order valence-corrected chi connectivity index (χ2v) is 2.59. The number of allylic oxidation sites excluding steroid dienone is 3. The Bertz CT molecular complexity index is 236. The Labute approximate surface area is 75.7 Å². The van der Waals surface area contributed by atoms with Crippen LogP contribution in [0.4, 0.5) is 13.2 Å². The minimum Gasteiger partial charge on any atom is -0.252 e. The van der Waals surface area contributed by atoms with E-state index in [2.05, 4.69) is 11.6 Å². The van der Waals surface area contributed by atoms with Crippen LogP contribution in [-0.2, 0) is 0 Å². The summed E-state index contributed by atoms with van der Waals surface area (Å²) < 4.78 is 35.5. The van der Waals surface area contributed by atoms with Crippen LogP contribution in [0.3, 0.4) is 0 Å².